The summed E-state index contributed by atoms with van der Waals surface area (Å²) in [6.45, 7) is 5.66. The molecule has 1 rings (SSSR count). The molecule has 0 saturated carbocycles. The first-order valence-electron chi connectivity index (χ1n) is 5.86. The Bertz CT molecular complexity index is 331. The zero-order chi connectivity index (χ0) is 12.7. The lowest BCUT2D eigenvalue weighted by Crippen LogP contribution is -2.39. The molecule has 0 spiro atoms. The number of aliphatic hydroxyl groups is 1. The third-order valence-electron chi connectivity index (χ3n) is 2.57. The van der Waals surface area contributed by atoms with Crippen LogP contribution in [0.4, 0.5) is 0 Å². The second-order valence-corrected chi connectivity index (χ2v) is 5.21. The van der Waals surface area contributed by atoms with Gasteiger partial charge in [0.1, 0.15) is 12.4 Å². The van der Waals surface area contributed by atoms with Gasteiger partial charge in [-0.2, -0.15) is 0 Å². The minimum Gasteiger partial charge on any atom is -0.492 e. The normalized spacial score (nSPS) is 12.8. The molecule has 3 nitrogen and oxygen atoms in total. The van der Waals surface area contributed by atoms with Crippen molar-refractivity contribution in [3.63, 3.8) is 0 Å². The monoisotopic (exact) mass is 301 g/mol. The van der Waals surface area contributed by atoms with Crippen LogP contribution in [0.25, 0.3) is 0 Å². The largest absolute Gasteiger partial charge is 0.492 e. The van der Waals surface area contributed by atoms with E-state index >= 15 is 0 Å². The van der Waals surface area contributed by atoms with Crippen LogP contribution < -0.4 is 10.1 Å². The zero-order valence-corrected chi connectivity index (χ0v) is 11.9. The molecule has 0 aliphatic carbocycles. The SMILES string of the molecule is CC(C)[C@@H](CO)NCCOc1cccc(Br)c1. The van der Waals surface area contributed by atoms with Crippen LogP contribution in [0.15, 0.2) is 28.7 Å². The molecule has 17 heavy (non-hydrogen) atoms. The maximum atomic E-state index is 9.14. The van der Waals surface area contributed by atoms with Crippen molar-refractivity contribution in [1.82, 2.24) is 5.32 Å². The van der Waals surface area contributed by atoms with Crippen LogP contribution in [-0.2, 0) is 0 Å². The maximum absolute atomic E-state index is 9.14. The highest BCUT2D eigenvalue weighted by molar-refractivity contribution is 9.10. The Morgan fingerprint density at radius 3 is 2.76 bits per heavy atom. The molecule has 1 atom stereocenters. The van der Waals surface area contributed by atoms with Crippen LogP contribution in [-0.4, -0.2) is 30.9 Å². The molecule has 1 aromatic carbocycles. The molecule has 0 radical (unpaired) electrons. The van der Waals surface area contributed by atoms with Crippen LogP contribution >= 0.6 is 15.9 Å². The second kappa shape index (κ2) is 7.69. The van der Waals surface area contributed by atoms with E-state index < -0.39 is 0 Å². The van der Waals surface area contributed by atoms with E-state index in [9.17, 15) is 0 Å². The zero-order valence-electron chi connectivity index (χ0n) is 10.3. The van der Waals surface area contributed by atoms with Gasteiger partial charge in [0.15, 0.2) is 0 Å². The van der Waals surface area contributed by atoms with Crippen LogP contribution in [0.1, 0.15) is 13.8 Å². The van der Waals surface area contributed by atoms with E-state index in [2.05, 4.69) is 35.1 Å². The Labute approximate surface area is 111 Å². The van der Waals surface area contributed by atoms with Crippen molar-refractivity contribution in [2.24, 2.45) is 5.92 Å². The van der Waals surface area contributed by atoms with Gasteiger partial charge in [-0.05, 0) is 24.1 Å². The predicted octanol–water partition coefficient (Wildman–Crippen LogP) is 2.43. The first-order valence-corrected chi connectivity index (χ1v) is 6.65. The minimum absolute atomic E-state index is 0.140. The van der Waals surface area contributed by atoms with Crippen LogP contribution in [0.3, 0.4) is 0 Å². The van der Waals surface area contributed by atoms with E-state index in [1.165, 1.54) is 0 Å². The number of hydrogen-bond donors (Lipinski definition) is 2. The molecular weight excluding hydrogens is 282 g/mol. The molecule has 1 aromatic rings. The lowest BCUT2D eigenvalue weighted by atomic mass is 10.1. The van der Waals surface area contributed by atoms with Crippen molar-refractivity contribution in [3.05, 3.63) is 28.7 Å². The summed E-state index contributed by atoms with van der Waals surface area (Å²) in [5.74, 6) is 1.28. The summed E-state index contributed by atoms with van der Waals surface area (Å²) in [6, 6.07) is 7.91. The highest BCUT2D eigenvalue weighted by Crippen LogP contribution is 2.17. The molecule has 0 amide bonds. The molecule has 96 valence electrons. The van der Waals surface area contributed by atoms with Gasteiger partial charge >= 0.3 is 0 Å². The highest BCUT2D eigenvalue weighted by atomic mass is 79.9. The Morgan fingerprint density at radius 1 is 1.41 bits per heavy atom. The molecule has 0 aromatic heterocycles. The fourth-order valence-corrected chi connectivity index (χ4v) is 1.86. The summed E-state index contributed by atoms with van der Waals surface area (Å²) in [5.41, 5.74) is 0. The van der Waals surface area contributed by atoms with Gasteiger partial charge in [-0.3, -0.25) is 0 Å². The fraction of sp³-hybridized carbons (Fsp3) is 0.538. The lowest BCUT2D eigenvalue weighted by Gasteiger charge is -2.19. The van der Waals surface area contributed by atoms with Gasteiger partial charge in [-0.1, -0.05) is 35.8 Å². The smallest absolute Gasteiger partial charge is 0.120 e. The second-order valence-electron chi connectivity index (χ2n) is 4.29. The first-order chi connectivity index (χ1) is 8.13. The van der Waals surface area contributed by atoms with Gasteiger partial charge in [0, 0.05) is 17.1 Å². The number of ether oxygens (including phenoxy) is 1. The molecule has 0 aliphatic rings. The third kappa shape index (κ3) is 5.52. The molecule has 0 unspecified atom stereocenters. The van der Waals surface area contributed by atoms with E-state index in [0.717, 1.165) is 16.8 Å². The average molecular weight is 302 g/mol. The van der Waals surface area contributed by atoms with Gasteiger partial charge in [0.25, 0.3) is 0 Å². The lowest BCUT2D eigenvalue weighted by molar-refractivity contribution is 0.202. The van der Waals surface area contributed by atoms with Crippen LogP contribution in [0.2, 0.25) is 0 Å². The Morgan fingerprint density at radius 2 is 2.18 bits per heavy atom. The predicted molar refractivity (Wildman–Crippen MR) is 73.4 cm³/mol. The average Bonchev–Trinajstić information content (AvgIpc) is 2.28. The molecule has 0 heterocycles. The molecule has 0 aliphatic heterocycles. The summed E-state index contributed by atoms with van der Waals surface area (Å²) >= 11 is 3.40. The van der Waals surface area contributed by atoms with Crippen molar-refractivity contribution >= 4 is 15.9 Å². The number of hydrogen-bond acceptors (Lipinski definition) is 3. The Kier molecular flexibility index (Phi) is 6.55. The van der Waals surface area contributed by atoms with E-state index in [4.69, 9.17) is 9.84 Å². The summed E-state index contributed by atoms with van der Waals surface area (Å²) in [4.78, 5) is 0. The quantitative estimate of drug-likeness (QED) is 0.760. The van der Waals surface area contributed by atoms with Crippen LogP contribution in [0.5, 0.6) is 5.75 Å². The van der Waals surface area contributed by atoms with Gasteiger partial charge in [0.05, 0.1) is 6.61 Å². The highest BCUT2D eigenvalue weighted by Gasteiger charge is 2.10. The van der Waals surface area contributed by atoms with Crippen molar-refractivity contribution in [3.8, 4) is 5.75 Å². The topological polar surface area (TPSA) is 41.5 Å². The Hall–Kier alpha value is -0.580. The third-order valence-corrected chi connectivity index (χ3v) is 3.07. The molecule has 2 N–H and O–H groups in total. The number of nitrogens with one attached hydrogen (secondary N) is 1. The number of aliphatic hydroxyl groups excluding tert-OH is 1. The molecule has 0 saturated heterocycles. The standard InChI is InChI=1S/C13H20BrNO2/c1-10(2)13(9-16)15-6-7-17-12-5-3-4-11(14)8-12/h3-5,8,10,13,15-16H,6-7,9H2,1-2H3/t13-/m1/s1. The molecular formula is C13H20BrNO2. The van der Waals surface area contributed by atoms with Crippen molar-refractivity contribution in [2.75, 3.05) is 19.8 Å². The number of benzene rings is 1. The van der Waals surface area contributed by atoms with Gasteiger partial charge in [0.2, 0.25) is 0 Å². The van der Waals surface area contributed by atoms with E-state index in [1.807, 2.05) is 24.3 Å². The van der Waals surface area contributed by atoms with Crippen LogP contribution in [0, 0.1) is 5.92 Å². The summed E-state index contributed by atoms with van der Waals surface area (Å²) < 4.78 is 6.60. The number of rotatable bonds is 7. The van der Waals surface area contributed by atoms with E-state index in [-0.39, 0.29) is 12.6 Å². The maximum Gasteiger partial charge on any atom is 0.120 e. The van der Waals surface area contributed by atoms with Gasteiger partial charge < -0.3 is 15.2 Å². The van der Waals surface area contributed by atoms with Crippen molar-refractivity contribution < 1.29 is 9.84 Å². The van der Waals surface area contributed by atoms with E-state index in [1.54, 1.807) is 0 Å². The summed E-state index contributed by atoms with van der Waals surface area (Å²) in [5, 5.41) is 12.4. The minimum atomic E-state index is 0.140. The summed E-state index contributed by atoms with van der Waals surface area (Å²) in [7, 11) is 0. The van der Waals surface area contributed by atoms with Gasteiger partial charge in [-0.25, -0.2) is 0 Å². The fourth-order valence-electron chi connectivity index (χ4n) is 1.48. The Balaban J connectivity index is 2.24. The van der Waals surface area contributed by atoms with Gasteiger partial charge in [-0.15, -0.1) is 0 Å². The molecule has 0 bridgehead atoms. The molecule has 4 heteroatoms. The first kappa shape index (κ1) is 14.5. The molecule has 0 fully saturated rings. The van der Waals surface area contributed by atoms with Crippen molar-refractivity contribution in [1.29, 1.82) is 0 Å². The van der Waals surface area contributed by atoms with E-state index in [0.29, 0.717) is 12.5 Å². The van der Waals surface area contributed by atoms with Crippen molar-refractivity contribution in [2.45, 2.75) is 19.9 Å². The summed E-state index contributed by atoms with van der Waals surface area (Å²) in [6.07, 6.45) is 0. The number of halogens is 1.